The number of nitrogens with one attached hydrogen (secondary N) is 1. The summed E-state index contributed by atoms with van der Waals surface area (Å²) in [4.78, 5) is 11.7. The third-order valence-electron chi connectivity index (χ3n) is 3.18. The summed E-state index contributed by atoms with van der Waals surface area (Å²) in [5, 5.41) is 3.30. The Morgan fingerprint density at radius 1 is 1.28 bits per heavy atom. The molecule has 100 valence electrons. The van der Waals surface area contributed by atoms with Gasteiger partial charge in [0, 0.05) is 31.6 Å². The third kappa shape index (κ3) is 3.12. The van der Waals surface area contributed by atoms with E-state index in [1.54, 1.807) is 0 Å². The first-order chi connectivity index (χ1) is 8.78. The van der Waals surface area contributed by atoms with Crippen LogP contribution < -0.4 is 10.2 Å². The summed E-state index contributed by atoms with van der Waals surface area (Å²) in [6.07, 6.45) is 4.67. The second-order valence-corrected chi connectivity index (χ2v) is 4.84. The molecule has 1 aromatic heterocycles. The molecule has 0 saturated heterocycles. The van der Waals surface area contributed by atoms with Gasteiger partial charge in [-0.15, -0.1) is 0 Å². The van der Waals surface area contributed by atoms with Crippen LogP contribution in [0.5, 0.6) is 0 Å². The van der Waals surface area contributed by atoms with Gasteiger partial charge in [-0.25, -0.2) is 9.97 Å². The molecule has 0 bridgehead atoms. The van der Waals surface area contributed by atoms with E-state index in [0.29, 0.717) is 6.04 Å². The summed E-state index contributed by atoms with van der Waals surface area (Å²) in [6, 6.07) is 2.80. The van der Waals surface area contributed by atoms with E-state index in [4.69, 9.17) is 0 Å². The Labute approximate surface area is 110 Å². The number of rotatable bonds is 7. The highest BCUT2D eigenvalue weighted by Gasteiger charge is 2.29. The van der Waals surface area contributed by atoms with Gasteiger partial charge >= 0.3 is 0 Å². The van der Waals surface area contributed by atoms with E-state index < -0.39 is 0 Å². The van der Waals surface area contributed by atoms with Gasteiger partial charge in [0.05, 0.1) is 0 Å². The van der Waals surface area contributed by atoms with E-state index in [-0.39, 0.29) is 0 Å². The van der Waals surface area contributed by atoms with Crippen LogP contribution in [0.2, 0.25) is 0 Å². The van der Waals surface area contributed by atoms with E-state index >= 15 is 0 Å². The number of nitrogens with zero attached hydrogens (tertiary/aromatic N) is 3. The van der Waals surface area contributed by atoms with Gasteiger partial charge in [-0.2, -0.15) is 0 Å². The van der Waals surface area contributed by atoms with E-state index in [1.165, 1.54) is 19.3 Å². The van der Waals surface area contributed by atoms with Crippen molar-refractivity contribution in [3.8, 4) is 0 Å². The van der Waals surface area contributed by atoms with Crippen LogP contribution in [0.4, 0.5) is 11.6 Å². The molecule has 1 aliphatic carbocycles. The van der Waals surface area contributed by atoms with Gasteiger partial charge in [0.15, 0.2) is 0 Å². The van der Waals surface area contributed by atoms with Crippen molar-refractivity contribution in [1.29, 1.82) is 0 Å². The molecular weight excluding hydrogens is 224 g/mol. The van der Waals surface area contributed by atoms with Crippen LogP contribution in [0.15, 0.2) is 6.07 Å². The smallest absolute Gasteiger partial charge is 0.134 e. The SMILES string of the molecule is CCCN(c1cc(NCC)nc(CC)n1)C1CC1. The van der Waals surface area contributed by atoms with Gasteiger partial charge < -0.3 is 10.2 Å². The molecule has 0 aromatic carbocycles. The predicted molar refractivity (Wildman–Crippen MR) is 76.2 cm³/mol. The van der Waals surface area contributed by atoms with Crippen LogP contribution >= 0.6 is 0 Å². The Balaban J connectivity index is 2.25. The van der Waals surface area contributed by atoms with E-state index in [0.717, 1.165) is 37.0 Å². The highest BCUT2D eigenvalue weighted by molar-refractivity contribution is 5.51. The molecule has 1 N–H and O–H groups in total. The van der Waals surface area contributed by atoms with Crippen molar-refractivity contribution in [2.75, 3.05) is 23.3 Å². The number of aryl methyl sites for hydroxylation is 1. The van der Waals surface area contributed by atoms with Gasteiger partial charge in [0.25, 0.3) is 0 Å². The minimum atomic E-state index is 0.707. The van der Waals surface area contributed by atoms with Crippen LogP contribution in [-0.2, 0) is 6.42 Å². The standard InChI is InChI=1S/C14H24N4/c1-4-9-18(11-7-8-11)14-10-13(15-6-3)16-12(5-2)17-14/h10-11H,4-9H2,1-3H3,(H,15,16,17). The van der Waals surface area contributed by atoms with Crippen LogP contribution in [0, 0.1) is 0 Å². The van der Waals surface area contributed by atoms with Gasteiger partial charge in [0.2, 0.25) is 0 Å². The number of aromatic nitrogens is 2. The third-order valence-corrected chi connectivity index (χ3v) is 3.18. The molecule has 0 spiro atoms. The molecule has 0 amide bonds. The molecule has 18 heavy (non-hydrogen) atoms. The first kappa shape index (κ1) is 13.1. The highest BCUT2D eigenvalue weighted by Crippen LogP contribution is 2.31. The number of anilines is 2. The molecule has 0 unspecified atom stereocenters. The lowest BCUT2D eigenvalue weighted by molar-refractivity contribution is 0.742. The topological polar surface area (TPSA) is 41.0 Å². The maximum atomic E-state index is 4.69. The van der Waals surface area contributed by atoms with E-state index in [2.05, 4.69) is 47.0 Å². The number of hydrogen-bond donors (Lipinski definition) is 1. The molecule has 1 aliphatic rings. The van der Waals surface area contributed by atoms with Crippen LogP contribution in [0.3, 0.4) is 0 Å². The molecule has 0 atom stereocenters. The number of hydrogen-bond acceptors (Lipinski definition) is 4. The van der Waals surface area contributed by atoms with Gasteiger partial charge in [0.1, 0.15) is 17.5 Å². The van der Waals surface area contributed by atoms with E-state index in [9.17, 15) is 0 Å². The second kappa shape index (κ2) is 6.03. The zero-order chi connectivity index (χ0) is 13.0. The zero-order valence-corrected chi connectivity index (χ0v) is 11.7. The fraction of sp³-hybridized carbons (Fsp3) is 0.714. The van der Waals surface area contributed by atoms with Crippen molar-refractivity contribution in [2.45, 2.75) is 52.5 Å². The monoisotopic (exact) mass is 248 g/mol. The molecule has 0 radical (unpaired) electrons. The molecule has 1 fully saturated rings. The average Bonchev–Trinajstić information content (AvgIpc) is 3.20. The second-order valence-electron chi connectivity index (χ2n) is 4.84. The van der Waals surface area contributed by atoms with Crippen LogP contribution in [0.25, 0.3) is 0 Å². The molecule has 1 aromatic rings. The fourth-order valence-corrected chi connectivity index (χ4v) is 2.17. The molecule has 1 heterocycles. The maximum absolute atomic E-state index is 4.69. The average molecular weight is 248 g/mol. The Morgan fingerprint density at radius 3 is 2.61 bits per heavy atom. The molecule has 4 nitrogen and oxygen atoms in total. The summed E-state index contributed by atoms with van der Waals surface area (Å²) < 4.78 is 0. The molecule has 4 heteroatoms. The zero-order valence-electron chi connectivity index (χ0n) is 11.7. The molecule has 0 aliphatic heterocycles. The maximum Gasteiger partial charge on any atom is 0.134 e. The Hall–Kier alpha value is -1.32. The Bertz CT molecular complexity index is 387. The van der Waals surface area contributed by atoms with Gasteiger partial charge in [-0.1, -0.05) is 13.8 Å². The van der Waals surface area contributed by atoms with Gasteiger partial charge in [-0.3, -0.25) is 0 Å². The van der Waals surface area contributed by atoms with Crippen molar-refractivity contribution >= 4 is 11.6 Å². The summed E-state index contributed by atoms with van der Waals surface area (Å²) in [5.41, 5.74) is 0. The van der Waals surface area contributed by atoms with Crippen molar-refractivity contribution in [1.82, 2.24) is 9.97 Å². The largest absolute Gasteiger partial charge is 0.370 e. The Kier molecular flexibility index (Phi) is 4.39. The summed E-state index contributed by atoms with van der Waals surface area (Å²) in [6.45, 7) is 8.42. The lowest BCUT2D eigenvalue weighted by Gasteiger charge is -2.23. The minimum Gasteiger partial charge on any atom is -0.370 e. The first-order valence-corrected chi connectivity index (χ1v) is 7.16. The summed E-state index contributed by atoms with van der Waals surface area (Å²) in [7, 11) is 0. The van der Waals surface area contributed by atoms with Crippen molar-refractivity contribution in [2.24, 2.45) is 0 Å². The van der Waals surface area contributed by atoms with Crippen molar-refractivity contribution < 1.29 is 0 Å². The van der Waals surface area contributed by atoms with Crippen molar-refractivity contribution in [3.05, 3.63) is 11.9 Å². The van der Waals surface area contributed by atoms with Gasteiger partial charge in [-0.05, 0) is 26.2 Å². The summed E-state index contributed by atoms with van der Waals surface area (Å²) in [5.74, 6) is 2.99. The lowest BCUT2D eigenvalue weighted by Crippen LogP contribution is -2.28. The minimum absolute atomic E-state index is 0.707. The van der Waals surface area contributed by atoms with Crippen LogP contribution in [-0.4, -0.2) is 29.1 Å². The first-order valence-electron chi connectivity index (χ1n) is 7.16. The normalized spacial score (nSPS) is 14.6. The Morgan fingerprint density at radius 2 is 2.06 bits per heavy atom. The quantitative estimate of drug-likeness (QED) is 0.805. The molecule has 1 saturated carbocycles. The molecular formula is C14H24N4. The molecule has 2 rings (SSSR count). The summed E-state index contributed by atoms with van der Waals surface area (Å²) >= 11 is 0. The fourth-order valence-electron chi connectivity index (χ4n) is 2.17. The predicted octanol–water partition coefficient (Wildman–Crippen LogP) is 2.85. The van der Waals surface area contributed by atoms with E-state index in [1.807, 2.05) is 0 Å². The highest BCUT2D eigenvalue weighted by atomic mass is 15.2. The van der Waals surface area contributed by atoms with Crippen molar-refractivity contribution in [3.63, 3.8) is 0 Å². The van der Waals surface area contributed by atoms with Crippen LogP contribution in [0.1, 0.15) is 45.9 Å². The lowest BCUT2D eigenvalue weighted by atomic mass is 10.3.